The molecule has 0 aliphatic rings. The molecule has 0 radical (unpaired) electrons. The molecule has 106 valence electrons. The van der Waals surface area contributed by atoms with Gasteiger partial charge in [0.15, 0.2) is 0 Å². The lowest BCUT2D eigenvalue weighted by molar-refractivity contribution is -0.0357. The Hall–Kier alpha value is -1.61. The van der Waals surface area contributed by atoms with Crippen LogP contribution in [0.5, 0.6) is 0 Å². The van der Waals surface area contributed by atoms with Crippen LogP contribution in [0.2, 0.25) is 0 Å². The van der Waals surface area contributed by atoms with Gasteiger partial charge in [0.2, 0.25) is 6.17 Å². The average molecular weight is 298 g/mol. The monoisotopic (exact) mass is 298 g/mol. The molecule has 1 unspecified atom stereocenters. The van der Waals surface area contributed by atoms with Gasteiger partial charge in [0, 0.05) is 0 Å². The zero-order valence-electron chi connectivity index (χ0n) is 9.29. The van der Waals surface area contributed by atoms with Crippen molar-refractivity contribution in [3.63, 3.8) is 0 Å². The quantitative estimate of drug-likeness (QED) is 0.660. The number of carbonyl (C=O) groups is 1. The third-order valence-corrected chi connectivity index (χ3v) is 3.02. The number of hydrogen-bond donors (Lipinski definition) is 1. The van der Waals surface area contributed by atoms with Crippen molar-refractivity contribution in [3.05, 3.63) is 35.9 Å². The van der Waals surface area contributed by atoms with Gasteiger partial charge in [-0.2, -0.15) is 17.2 Å². The van der Waals surface area contributed by atoms with Crippen LogP contribution in [0, 0.1) is 0 Å². The molecule has 5 nitrogen and oxygen atoms in total. The van der Waals surface area contributed by atoms with E-state index in [1.165, 1.54) is 24.3 Å². The van der Waals surface area contributed by atoms with Gasteiger partial charge in [-0.05, 0) is 12.1 Å². The Labute approximate surface area is 106 Å². The van der Waals surface area contributed by atoms with Crippen LogP contribution in [-0.2, 0) is 14.9 Å². The predicted molar refractivity (Wildman–Crippen MR) is 58.1 cm³/mol. The molecule has 0 aliphatic heterocycles. The number of ether oxygens (including phenoxy) is 1. The SMILES string of the molecule is O=C(OCC(F)C(F)(F)S(=O)(=O)O)c1ccccc1. The molecular formula is C10H9F3O5S. The van der Waals surface area contributed by atoms with Crippen molar-refractivity contribution in [3.8, 4) is 0 Å². The van der Waals surface area contributed by atoms with E-state index in [1.54, 1.807) is 6.07 Å². The molecule has 0 saturated heterocycles. The summed E-state index contributed by atoms with van der Waals surface area (Å²) in [5.74, 6) is -1.09. The zero-order valence-corrected chi connectivity index (χ0v) is 10.1. The smallest absolute Gasteiger partial charge is 0.403 e. The highest BCUT2D eigenvalue weighted by Crippen LogP contribution is 2.27. The van der Waals surface area contributed by atoms with Gasteiger partial charge >= 0.3 is 21.3 Å². The molecule has 0 saturated carbocycles. The predicted octanol–water partition coefficient (Wildman–Crippen LogP) is 1.66. The van der Waals surface area contributed by atoms with E-state index in [4.69, 9.17) is 4.55 Å². The first kappa shape index (κ1) is 15.4. The van der Waals surface area contributed by atoms with E-state index in [-0.39, 0.29) is 5.56 Å². The molecule has 1 atom stereocenters. The normalized spacial score (nSPS) is 13.9. The van der Waals surface area contributed by atoms with Crippen molar-refractivity contribution in [2.45, 2.75) is 11.4 Å². The highest BCUT2D eigenvalue weighted by Gasteiger charge is 2.53. The number of alkyl halides is 3. The van der Waals surface area contributed by atoms with Gasteiger partial charge in [-0.25, -0.2) is 9.18 Å². The van der Waals surface area contributed by atoms with Crippen LogP contribution in [0.15, 0.2) is 30.3 Å². The molecule has 0 amide bonds. The lowest BCUT2D eigenvalue weighted by Crippen LogP contribution is -2.41. The molecule has 1 aromatic rings. The highest BCUT2D eigenvalue weighted by molar-refractivity contribution is 7.86. The fourth-order valence-corrected chi connectivity index (χ4v) is 1.46. The minimum absolute atomic E-state index is 0.00938. The van der Waals surface area contributed by atoms with Crippen molar-refractivity contribution >= 4 is 16.1 Å². The number of carbonyl (C=O) groups excluding carboxylic acids is 1. The fourth-order valence-electron chi connectivity index (χ4n) is 1.07. The summed E-state index contributed by atoms with van der Waals surface area (Å²) in [4.78, 5) is 11.3. The lowest BCUT2D eigenvalue weighted by atomic mass is 10.2. The maximum absolute atomic E-state index is 13.0. The lowest BCUT2D eigenvalue weighted by Gasteiger charge is -2.17. The van der Waals surface area contributed by atoms with Crippen LogP contribution in [0.1, 0.15) is 10.4 Å². The first-order valence-electron chi connectivity index (χ1n) is 4.87. The summed E-state index contributed by atoms with van der Waals surface area (Å²) in [6, 6.07) is 7.13. The summed E-state index contributed by atoms with van der Waals surface area (Å²) < 4.78 is 71.3. The van der Waals surface area contributed by atoms with Crippen LogP contribution >= 0.6 is 0 Å². The molecular weight excluding hydrogens is 289 g/mol. The minimum Gasteiger partial charge on any atom is -0.459 e. The Kier molecular flexibility index (Phi) is 4.53. The molecule has 1 N–H and O–H groups in total. The number of benzene rings is 1. The number of halogens is 3. The third kappa shape index (κ3) is 3.67. The number of esters is 1. The highest BCUT2D eigenvalue weighted by atomic mass is 32.2. The van der Waals surface area contributed by atoms with Crippen molar-refractivity contribution in [2.75, 3.05) is 6.61 Å². The Morgan fingerprint density at radius 3 is 2.32 bits per heavy atom. The first-order chi connectivity index (χ1) is 8.66. The molecule has 0 heterocycles. The van der Waals surface area contributed by atoms with Gasteiger partial charge in [-0.3, -0.25) is 4.55 Å². The Morgan fingerprint density at radius 2 is 1.84 bits per heavy atom. The van der Waals surface area contributed by atoms with Gasteiger partial charge < -0.3 is 4.74 Å². The number of hydrogen-bond acceptors (Lipinski definition) is 4. The van der Waals surface area contributed by atoms with E-state index in [9.17, 15) is 26.4 Å². The van der Waals surface area contributed by atoms with Crippen LogP contribution in [0.4, 0.5) is 13.2 Å². The van der Waals surface area contributed by atoms with Crippen molar-refractivity contribution in [2.24, 2.45) is 0 Å². The standard InChI is InChI=1S/C10H9F3O5S/c11-8(10(12,13)19(15,16)17)6-18-9(14)7-4-2-1-3-5-7/h1-5,8H,6H2,(H,15,16,17). The average Bonchev–Trinajstić information content (AvgIpc) is 2.35. The molecule has 0 fully saturated rings. The van der Waals surface area contributed by atoms with Crippen LogP contribution < -0.4 is 0 Å². The zero-order chi connectivity index (χ0) is 14.7. The number of rotatable bonds is 5. The van der Waals surface area contributed by atoms with Gasteiger partial charge in [0.05, 0.1) is 5.56 Å². The molecule has 1 rings (SSSR count). The van der Waals surface area contributed by atoms with Crippen molar-refractivity contribution < 1.29 is 35.7 Å². The minimum atomic E-state index is -5.91. The summed E-state index contributed by atoms with van der Waals surface area (Å²) >= 11 is 0. The molecule has 0 aliphatic carbocycles. The van der Waals surface area contributed by atoms with Gasteiger partial charge in [0.1, 0.15) is 6.61 Å². The van der Waals surface area contributed by atoms with Crippen LogP contribution in [-0.4, -0.2) is 37.0 Å². The first-order valence-corrected chi connectivity index (χ1v) is 6.31. The van der Waals surface area contributed by atoms with Crippen molar-refractivity contribution in [1.82, 2.24) is 0 Å². The van der Waals surface area contributed by atoms with E-state index in [0.717, 1.165) is 0 Å². The summed E-state index contributed by atoms with van der Waals surface area (Å²) in [6.45, 7) is -1.50. The molecule has 0 spiro atoms. The summed E-state index contributed by atoms with van der Waals surface area (Å²) in [7, 11) is -5.91. The van der Waals surface area contributed by atoms with Gasteiger partial charge in [-0.1, -0.05) is 18.2 Å². The molecule has 19 heavy (non-hydrogen) atoms. The summed E-state index contributed by atoms with van der Waals surface area (Å²) in [5.41, 5.74) is -0.00938. The molecule has 0 aromatic heterocycles. The van der Waals surface area contributed by atoms with Crippen LogP contribution in [0.3, 0.4) is 0 Å². The Bertz CT molecular complexity index is 544. The van der Waals surface area contributed by atoms with E-state index < -0.39 is 34.1 Å². The molecule has 9 heteroatoms. The van der Waals surface area contributed by atoms with Gasteiger partial charge in [0.25, 0.3) is 0 Å². The maximum atomic E-state index is 13.0. The Balaban J connectivity index is 2.66. The van der Waals surface area contributed by atoms with Crippen molar-refractivity contribution in [1.29, 1.82) is 0 Å². The Morgan fingerprint density at radius 1 is 1.32 bits per heavy atom. The van der Waals surface area contributed by atoms with E-state index in [1.807, 2.05) is 0 Å². The fraction of sp³-hybridized carbons (Fsp3) is 0.300. The second kappa shape index (κ2) is 5.57. The molecule has 0 bridgehead atoms. The van der Waals surface area contributed by atoms with Gasteiger partial charge in [-0.15, -0.1) is 0 Å². The van der Waals surface area contributed by atoms with E-state index in [0.29, 0.717) is 0 Å². The van der Waals surface area contributed by atoms with Crippen LogP contribution in [0.25, 0.3) is 0 Å². The topological polar surface area (TPSA) is 80.7 Å². The van der Waals surface area contributed by atoms with E-state index >= 15 is 0 Å². The maximum Gasteiger partial charge on any atom is 0.403 e. The summed E-state index contributed by atoms with van der Waals surface area (Å²) in [6.07, 6.45) is -3.37. The largest absolute Gasteiger partial charge is 0.459 e. The third-order valence-electron chi connectivity index (χ3n) is 2.08. The molecule has 1 aromatic carbocycles. The van der Waals surface area contributed by atoms with E-state index in [2.05, 4.69) is 4.74 Å². The summed E-state index contributed by atoms with van der Waals surface area (Å²) in [5, 5.41) is -5.04. The second-order valence-corrected chi connectivity index (χ2v) is 4.96. The second-order valence-electron chi connectivity index (χ2n) is 3.47.